The number of nitrogens with zero attached hydrogens (tertiary/aromatic N) is 3. The zero-order valence-corrected chi connectivity index (χ0v) is 19.7. The Morgan fingerprint density at radius 3 is 2.31 bits per heavy atom. The number of rotatable bonds is 8. The molecule has 2 aromatic heterocycles. The van der Waals surface area contributed by atoms with Crippen LogP contribution in [0.5, 0.6) is 0 Å². The topological polar surface area (TPSA) is 83.9 Å². The minimum Gasteiger partial charge on any atom is -0.372 e. The normalized spacial score (nSPS) is 13.1. The van der Waals surface area contributed by atoms with E-state index in [2.05, 4.69) is 67.0 Å². The maximum Gasteiger partial charge on any atom is 0.145 e. The number of carbonyl (C=O) groups is 1. The molecule has 0 radical (unpaired) electrons. The Labute approximate surface area is 192 Å². The molecular formula is C25H38N6O. The molecule has 4 rings (SSSR count). The van der Waals surface area contributed by atoms with E-state index in [1.54, 1.807) is 6.33 Å². The van der Waals surface area contributed by atoms with Gasteiger partial charge in [-0.05, 0) is 51.5 Å². The summed E-state index contributed by atoms with van der Waals surface area (Å²) in [6.45, 7) is 1.85. The first-order valence-electron chi connectivity index (χ1n) is 11.5. The molecule has 1 saturated carbocycles. The summed E-state index contributed by atoms with van der Waals surface area (Å²) < 4.78 is 2.31. The number of anilines is 1. The van der Waals surface area contributed by atoms with Gasteiger partial charge in [0, 0.05) is 32.3 Å². The smallest absolute Gasteiger partial charge is 0.145 e. The van der Waals surface area contributed by atoms with E-state index in [0.717, 1.165) is 42.6 Å². The lowest BCUT2D eigenvalue weighted by Gasteiger charge is -2.12. The highest BCUT2D eigenvalue weighted by Gasteiger charge is 2.19. The largest absolute Gasteiger partial charge is 0.372 e. The highest BCUT2D eigenvalue weighted by Crippen LogP contribution is 2.33. The van der Waals surface area contributed by atoms with Crippen LogP contribution in [0.4, 0.5) is 5.82 Å². The first-order chi connectivity index (χ1) is 15.7. The van der Waals surface area contributed by atoms with E-state index in [1.807, 2.05) is 27.2 Å². The number of nitrogens with one attached hydrogen (secondary N) is 3. The summed E-state index contributed by atoms with van der Waals surface area (Å²) in [6.07, 6.45) is 11.7. The van der Waals surface area contributed by atoms with E-state index in [4.69, 9.17) is 0 Å². The predicted octanol–water partition coefficient (Wildman–Crippen LogP) is 3.83. The van der Waals surface area contributed by atoms with Crippen molar-refractivity contribution in [2.45, 2.75) is 44.6 Å². The van der Waals surface area contributed by atoms with Crippen LogP contribution < -0.4 is 16.0 Å². The molecule has 1 fully saturated rings. The van der Waals surface area contributed by atoms with Crippen LogP contribution in [0.15, 0.2) is 48.9 Å². The summed E-state index contributed by atoms with van der Waals surface area (Å²) >= 11 is 0. The Kier molecular flexibility index (Phi) is 12.0. The molecule has 1 aromatic carbocycles. The summed E-state index contributed by atoms with van der Waals surface area (Å²) in [5.74, 6) is 0.918. The summed E-state index contributed by atoms with van der Waals surface area (Å²) in [5, 5.41) is 10.2. The van der Waals surface area contributed by atoms with Crippen LogP contribution in [0, 0.1) is 0 Å². The van der Waals surface area contributed by atoms with E-state index < -0.39 is 0 Å². The molecular weight excluding hydrogens is 400 g/mol. The fraction of sp³-hybridized carbons (Fsp3) is 0.480. The molecule has 0 bridgehead atoms. The number of hydrogen-bond donors (Lipinski definition) is 3. The molecule has 1 aliphatic carbocycles. The van der Waals surface area contributed by atoms with Crippen LogP contribution >= 0.6 is 0 Å². The Morgan fingerprint density at radius 2 is 1.72 bits per heavy atom. The number of hydrogen-bond acceptors (Lipinski definition) is 6. The summed E-state index contributed by atoms with van der Waals surface area (Å²) in [5.41, 5.74) is 2.46. The second-order valence-corrected chi connectivity index (χ2v) is 7.77. The number of likely N-dealkylation sites (N-methyl/N-ethyl adjacent to an activating group) is 1. The highest BCUT2D eigenvalue weighted by molar-refractivity contribution is 5.87. The van der Waals surface area contributed by atoms with Gasteiger partial charge in [0.15, 0.2) is 0 Å². The van der Waals surface area contributed by atoms with Gasteiger partial charge in [0.2, 0.25) is 0 Å². The van der Waals surface area contributed by atoms with Gasteiger partial charge >= 0.3 is 0 Å². The number of aromatic nitrogens is 3. The monoisotopic (exact) mass is 438 g/mol. The maximum absolute atomic E-state index is 9.52. The Morgan fingerprint density at radius 1 is 1.00 bits per heavy atom. The Balaban J connectivity index is 0.000000195. The van der Waals surface area contributed by atoms with Crippen LogP contribution in [0.1, 0.15) is 43.7 Å². The van der Waals surface area contributed by atoms with E-state index in [9.17, 15) is 4.79 Å². The highest BCUT2D eigenvalue weighted by atomic mass is 16.1. The van der Waals surface area contributed by atoms with Crippen molar-refractivity contribution in [1.82, 2.24) is 25.2 Å². The summed E-state index contributed by atoms with van der Waals surface area (Å²) in [4.78, 5) is 18.2. The van der Waals surface area contributed by atoms with Gasteiger partial charge < -0.3 is 25.3 Å². The SMILES string of the molecule is CNCCC=O.CNCCc1ccccc1.CNc1ncnc2c1ccn2C1CCCC1. The molecule has 7 heteroatoms. The van der Waals surface area contributed by atoms with Crippen LogP contribution in [0.25, 0.3) is 11.0 Å². The molecule has 32 heavy (non-hydrogen) atoms. The van der Waals surface area contributed by atoms with E-state index >= 15 is 0 Å². The first kappa shape index (κ1) is 25.5. The van der Waals surface area contributed by atoms with Gasteiger partial charge in [-0.1, -0.05) is 43.2 Å². The maximum atomic E-state index is 9.52. The molecule has 0 unspecified atom stereocenters. The van der Waals surface area contributed by atoms with Crippen molar-refractivity contribution in [3.8, 4) is 0 Å². The minimum absolute atomic E-state index is 0.622. The van der Waals surface area contributed by atoms with Gasteiger partial charge in [0.25, 0.3) is 0 Å². The quantitative estimate of drug-likeness (QED) is 0.366. The van der Waals surface area contributed by atoms with Crippen molar-refractivity contribution in [3.05, 3.63) is 54.5 Å². The van der Waals surface area contributed by atoms with Gasteiger partial charge in [0.1, 0.15) is 24.1 Å². The average Bonchev–Trinajstić information content (AvgIpc) is 3.52. The summed E-state index contributed by atoms with van der Waals surface area (Å²) in [6, 6.07) is 13.2. The minimum atomic E-state index is 0.622. The molecule has 3 N–H and O–H groups in total. The lowest BCUT2D eigenvalue weighted by atomic mass is 10.2. The molecule has 0 saturated heterocycles. The van der Waals surface area contributed by atoms with Crippen molar-refractivity contribution >= 4 is 23.1 Å². The van der Waals surface area contributed by atoms with E-state index in [-0.39, 0.29) is 0 Å². The lowest BCUT2D eigenvalue weighted by molar-refractivity contribution is -0.107. The number of benzene rings is 1. The van der Waals surface area contributed by atoms with Gasteiger partial charge in [-0.3, -0.25) is 0 Å². The van der Waals surface area contributed by atoms with E-state index in [0.29, 0.717) is 12.5 Å². The fourth-order valence-corrected chi connectivity index (χ4v) is 3.76. The Bertz CT molecular complexity index is 890. The van der Waals surface area contributed by atoms with Gasteiger partial charge in [-0.25, -0.2) is 9.97 Å². The zero-order valence-electron chi connectivity index (χ0n) is 19.7. The first-order valence-corrected chi connectivity index (χ1v) is 11.5. The third-order valence-electron chi connectivity index (χ3n) is 5.48. The molecule has 0 aliphatic heterocycles. The Hall–Kier alpha value is -2.77. The van der Waals surface area contributed by atoms with Crippen molar-refractivity contribution in [2.75, 3.05) is 39.5 Å². The van der Waals surface area contributed by atoms with Crippen LogP contribution in [-0.2, 0) is 11.2 Å². The van der Waals surface area contributed by atoms with Crippen molar-refractivity contribution in [2.24, 2.45) is 0 Å². The predicted molar refractivity (Wildman–Crippen MR) is 133 cm³/mol. The van der Waals surface area contributed by atoms with Crippen LogP contribution in [-0.4, -0.2) is 55.1 Å². The fourth-order valence-electron chi connectivity index (χ4n) is 3.76. The molecule has 3 aromatic rings. The molecule has 2 heterocycles. The molecule has 0 amide bonds. The van der Waals surface area contributed by atoms with Crippen molar-refractivity contribution in [1.29, 1.82) is 0 Å². The standard InChI is InChI=1S/C12H16N4.C9H13N.C4H9NO/c1-13-11-10-6-7-16(9-4-2-3-5-9)12(10)15-8-14-11;1-10-8-7-9-5-3-2-4-6-9;1-5-3-2-4-6/h6-9H,2-5H2,1H3,(H,13,14,15);2-6,10H,7-8H2,1H3;4-5H,2-3H2,1H3. The van der Waals surface area contributed by atoms with Crippen molar-refractivity contribution < 1.29 is 4.79 Å². The van der Waals surface area contributed by atoms with Gasteiger partial charge in [0.05, 0.1) is 5.39 Å². The second kappa shape index (κ2) is 15.1. The molecule has 0 spiro atoms. The van der Waals surface area contributed by atoms with Crippen LogP contribution in [0.2, 0.25) is 0 Å². The number of carbonyl (C=O) groups excluding carboxylic acids is 1. The second-order valence-electron chi connectivity index (χ2n) is 7.77. The third kappa shape index (κ3) is 8.05. The molecule has 1 aliphatic rings. The van der Waals surface area contributed by atoms with Crippen LogP contribution in [0.3, 0.4) is 0 Å². The average molecular weight is 439 g/mol. The molecule has 174 valence electrons. The van der Waals surface area contributed by atoms with Gasteiger partial charge in [-0.15, -0.1) is 0 Å². The molecule has 0 atom stereocenters. The third-order valence-corrected chi connectivity index (χ3v) is 5.48. The zero-order chi connectivity index (χ0) is 23.0. The number of fused-ring (bicyclic) bond motifs is 1. The van der Waals surface area contributed by atoms with Gasteiger partial charge in [-0.2, -0.15) is 0 Å². The molecule has 7 nitrogen and oxygen atoms in total. The summed E-state index contributed by atoms with van der Waals surface area (Å²) in [7, 11) is 5.70. The number of aldehydes is 1. The van der Waals surface area contributed by atoms with Crippen molar-refractivity contribution in [3.63, 3.8) is 0 Å². The van der Waals surface area contributed by atoms with E-state index in [1.165, 1.54) is 31.2 Å². The lowest BCUT2D eigenvalue weighted by Crippen LogP contribution is -2.09.